The largest absolute Gasteiger partial charge is 0.379 e. The maximum Gasteiger partial charge on any atom is 0.0701 e. The molecular formula is C25H51ClO8. The zero-order valence-electron chi connectivity index (χ0n) is 21.6. The topological polar surface area (TPSA) is 73.8 Å². The highest BCUT2D eigenvalue weighted by Crippen LogP contribution is 2.01. The molecule has 0 spiro atoms. The van der Waals surface area contributed by atoms with Gasteiger partial charge in [-0.25, -0.2) is 0 Å². The third kappa shape index (κ3) is 32.0. The Labute approximate surface area is 213 Å². The van der Waals surface area contributed by atoms with E-state index in [4.69, 9.17) is 49.5 Å². The Morgan fingerprint density at radius 2 is 0.588 bits per heavy atom. The lowest BCUT2D eigenvalue weighted by Gasteiger charge is -2.08. The van der Waals surface area contributed by atoms with Gasteiger partial charge in [-0.15, -0.1) is 11.6 Å². The first-order valence-corrected chi connectivity index (χ1v) is 13.6. The molecule has 0 aromatic carbocycles. The number of hydrogen-bond acceptors (Lipinski definition) is 8. The Bertz CT molecular complexity index is 321. The fourth-order valence-corrected chi connectivity index (χ4v) is 2.94. The maximum atomic E-state index is 5.64. The number of ether oxygens (including phenoxy) is 8. The van der Waals surface area contributed by atoms with Crippen LogP contribution in [0.15, 0.2) is 0 Å². The van der Waals surface area contributed by atoms with Crippen LogP contribution in [0.1, 0.15) is 51.9 Å². The predicted molar refractivity (Wildman–Crippen MR) is 135 cm³/mol. The monoisotopic (exact) mass is 514 g/mol. The molecule has 0 aliphatic carbocycles. The summed E-state index contributed by atoms with van der Waals surface area (Å²) in [5.74, 6) is 0.751. The first-order chi connectivity index (χ1) is 16.9. The third-order valence-corrected chi connectivity index (χ3v) is 4.94. The fraction of sp³-hybridized carbons (Fsp3) is 1.00. The van der Waals surface area contributed by atoms with Crippen molar-refractivity contribution in [2.24, 2.45) is 0 Å². The first-order valence-electron chi connectivity index (χ1n) is 13.1. The van der Waals surface area contributed by atoms with E-state index in [0.29, 0.717) is 92.5 Å². The van der Waals surface area contributed by atoms with E-state index in [0.717, 1.165) is 38.4 Å². The molecule has 0 unspecified atom stereocenters. The molecule has 0 aliphatic rings. The number of rotatable bonds is 31. The normalized spacial score (nSPS) is 11.5. The highest BCUT2D eigenvalue weighted by atomic mass is 35.5. The minimum atomic E-state index is 0.546. The number of unbranched alkanes of at least 4 members (excludes halogenated alkanes) is 5. The van der Waals surface area contributed by atoms with Gasteiger partial charge >= 0.3 is 0 Å². The lowest BCUT2D eigenvalue weighted by Crippen LogP contribution is -2.15. The Morgan fingerprint density at radius 3 is 0.882 bits per heavy atom. The second-order valence-electron chi connectivity index (χ2n) is 7.71. The van der Waals surface area contributed by atoms with Gasteiger partial charge in [0, 0.05) is 19.1 Å². The average Bonchev–Trinajstić information content (AvgIpc) is 2.85. The summed E-state index contributed by atoms with van der Waals surface area (Å²) < 4.78 is 43.7. The third-order valence-electron chi connectivity index (χ3n) is 4.67. The van der Waals surface area contributed by atoms with Crippen LogP contribution in [0.2, 0.25) is 0 Å². The van der Waals surface area contributed by atoms with Gasteiger partial charge in [0.15, 0.2) is 0 Å². The zero-order chi connectivity index (χ0) is 24.6. The van der Waals surface area contributed by atoms with Gasteiger partial charge in [-0.2, -0.15) is 0 Å². The highest BCUT2D eigenvalue weighted by molar-refractivity contribution is 6.17. The van der Waals surface area contributed by atoms with Crippen molar-refractivity contribution in [1.82, 2.24) is 0 Å². The van der Waals surface area contributed by atoms with Crippen molar-refractivity contribution in [3.63, 3.8) is 0 Å². The van der Waals surface area contributed by atoms with Crippen molar-refractivity contribution >= 4 is 11.6 Å². The SMILES string of the molecule is CCCCCOCCOCCOCCOCCOCCOCCOCCOCCCCCCCl. The van der Waals surface area contributed by atoms with Gasteiger partial charge in [-0.1, -0.05) is 32.6 Å². The van der Waals surface area contributed by atoms with Gasteiger partial charge in [0.2, 0.25) is 0 Å². The molecule has 0 amide bonds. The van der Waals surface area contributed by atoms with Gasteiger partial charge in [0.05, 0.1) is 92.5 Å². The summed E-state index contributed by atoms with van der Waals surface area (Å²) in [4.78, 5) is 0. The van der Waals surface area contributed by atoms with Gasteiger partial charge in [0.25, 0.3) is 0 Å². The van der Waals surface area contributed by atoms with Gasteiger partial charge < -0.3 is 37.9 Å². The van der Waals surface area contributed by atoms with E-state index in [1.165, 1.54) is 25.7 Å². The van der Waals surface area contributed by atoms with Crippen LogP contribution in [-0.4, -0.2) is 112 Å². The van der Waals surface area contributed by atoms with E-state index < -0.39 is 0 Å². The first kappa shape index (κ1) is 34.0. The molecular weight excluding hydrogens is 464 g/mol. The summed E-state index contributed by atoms with van der Waals surface area (Å²) in [5.41, 5.74) is 0. The van der Waals surface area contributed by atoms with Crippen molar-refractivity contribution in [3.05, 3.63) is 0 Å². The molecule has 0 saturated heterocycles. The lowest BCUT2D eigenvalue weighted by molar-refractivity contribution is -0.0232. The summed E-state index contributed by atoms with van der Waals surface area (Å²) in [6.45, 7) is 11.9. The Kier molecular flexibility index (Phi) is 32.9. The lowest BCUT2D eigenvalue weighted by atomic mass is 10.2. The van der Waals surface area contributed by atoms with Crippen LogP contribution in [0.3, 0.4) is 0 Å². The van der Waals surface area contributed by atoms with E-state index in [1.54, 1.807) is 0 Å². The van der Waals surface area contributed by atoms with Crippen LogP contribution in [0, 0.1) is 0 Å². The molecule has 0 radical (unpaired) electrons. The van der Waals surface area contributed by atoms with Crippen molar-refractivity contribution < 1.29 is 37.9 Å². The minimum Gasteiger partial charge on any atom is -0.379 e. The van der Waals surface area contributed by atoms with Gasteiger partial charge in [0.1, 0.15) is 0 Å². The predicted octanol–water partition coefficient (Wildman–Crippen LogP) is 4.11. The van der Waals surface area contributed by atoms with Gasteiger partial charge in [-0.05, 0) is 19.3 Å². The van der Waals surface area contributed by atoms with Crippen molar-refractivity contribution in [2.75, 3.05) is 112 Å². The molecule has 0 aliphatic heterocycles. The second kappa shape index (κ2) is 33.0. The summed E-state index contributed by atoms with van der Waals surface area (Å²) in [7, 11) is 0. The molecule has 0 rings (SSSR count). The van der Waals surface area contributed by atoms with Crippen molar-refractivity contribution in [2.45, 2.75) is 51.9 Å². The molecule has 34 heavy (non-hydrogen) atoms. The minimum absolute atomic E-state index is 0.546. The van der Waals surface area contributed by atoms with Crippen LogP contribution in [0.5, 0.6) is 0 Å². The quantitative estimate of drug-likeness (QED) is 0.101. The molecule has 0 bridgehead atoms. The Hall–Kier alpha value is -0.0300. The zero-order valence-corrected chi connectivity index (χ0v) is 22.4. The molecule has 9 heteroatoms. The summed E-state index contributed by atoms with van der Waals surface area (Å²) in [6.07, 6.45) is 8.10. The highest BCUT2D eigenvalue weighted by Gasteiger charge is 1.95. The molecule has 0 aromatic heterocycles. The molecule has 206 valence electrons. The van der Waals surface area contributed by atoms with Crippen LogP contribution in [0.25, 0.3) is 0 Å². The Balaban J connectivity index is 2.99. The van der Waals surface area contributed by atoms with Crippen molar-refractivity contribution in [3.8, 4) is 0 Å². The Morgan fingerprint density at radius 1 is 0.324 bits per heavy atom. The standard InChI is InChI=1S/C25H51ClO8/c1-2-3-7-10-27-12-14-29-16-18-31-20-22-33-24-25-34-23-21-32-19-17-30-15-13-28-11-8-5-4-6-9-26/h2-25H2,1H3. The van der Waals surface area contributed by atoms with Crippen molar-refractivity contribution in [1.29, 1.82) is 0 Å². The van der Waals surface area contributed by atoms with E-state index >= 15 is 0 Å². The molecule has 0 N–H and O–H groups in total. The number of hydrogen-bond donors (Lipinski definition) is 0. The maximum absolute atomic E-state index is 5.64. The molecule has 0 saturated carbocycles. The number of halogens is 1. The van der Waals surface area contributed by atoms with Crippen LogP contribution >= 0.6 is 11.6 Å². The fourth-order valence-electron chi connectivity index (χ4n) is 2.75. The molecule has 0 heterocycles. The van der Waals surface area contributed by atoms with E-state index in [2.05, 4.69) is 6.92 Å². The summed E-state index contributed by atoms with van der Waals surface area (Å²) in [6, 6.07) is 0. The molecule has 8 nitrogen and oxygen atoms in total. The summed E-state index contributed by atoms with van der Waals surface area (Å²) >= 11 is 5.64. The molecule has 0 aromatic rings. The second-order valence-corrected chi connectivity index (χ2v) is 8.09. The summed E-state index contributed by atoms with van der Waals surface area (Å²) in [5, 5.41) is 0. The van der Waals surface area contributed by atoms with Crippen LogP contribution in [0.4, 0.5) is 0 Å². The van der Waals surface area contributed by atoms with E-state index in [-0.39, 0.29) is 0 Å². The average molecular weight is 515 g/mol. The smallest absolute Gasteiger partial charge is 0.0701 e. The van der Waals surface area contributed by atoms with E-state index in [1.807, 2.05) is 0 Å². The van der Waals surface area contributed by atoms with Gasteiger partial charge in [-0.3, -0.25) is 0 Å². The van der Waals surface area contributed by atoms with Crippen LogP contribution in [-0.2, 0) is 37.9 Å². The molecule has 0 atom stereocenters. The number of alkyl halides is 1. The molecule has 0 fully saturated rings. The van der Waals surface area contributed by atoms with Crippen LogP contribution < -0.4 is 0 Å². The van der Waals surface area contributed by atoms with E-state index in [9.17, 15) is 0 Å².